The molecule has 0 spiro atoms. The molecular weight excluding hydrogens is 352 g/mol. The number of benzene rings is 2. The van der Waals surface area contributed by atoms with Crippen LogP contribution in [-0.2, 0) is 18.9 Å². The quantitative estimate of drug-likeness (QED) is 0.773. The van der Waals surface area contributed by atoms with Crippen LogP contribution in [0.15, 0.2) is 60.7 Å². The summed E-state index contributed by atoms with van der Waals surface area (Å²) in [4.78, 5) is 24.0. The van der Waals surface area contributed by atoms with Crippen LogP contribution in [0.5, 0.6) is 0 Å². The van der Waals surface area contributed by atoms with E-state index in [1.165, 1.54) is 0 Å². The zero-order valence-electron chi connectivity index (χ0n) is 14.5. The van der Waals surface area contributed by atoms with E-state index in [0.29, 0.717) is 11.1 Å². The highest BCUT2D eigenvalue weighted by atomic mass is 16.7. The van der Waals surface area contributed by atoms with Crippen LogP contribution < -0.4 is 0 Å². The molecule has 2 unspecified atom stereocenters. The minimum absolute atomic E-state index is 0.0990. The highest BCUT2D eigenvalue weighted by Gasteiger charge is 2.35. The van der Waals surface area contributed by atoms with Gasteiger partial charge in [0.15, 0.2) is 0 Å². The number of carbonyl (C=O) groups is 2. The van der Waals surface area contributed by atoms with Gasteiger partial charge in [-0.05, 0) is 24.3 Å². The van der Waals surface area contributed by atoms with E-state index in [0.717, 1.165) is 0 Å². The summed E-state index contributed by atoms with van der Waals surface area (Å²) < 4.78 is 21.0. The van der Waals surface area contributed by atoms with Crippen molar-refractivity contribution in [2.45, 2.75) is 18.3 Å². The van der Waals surface area contributed by atoms with Crippen molar-refractivity contribution in [3.63, 3.8) is 0 Å². The summed E-state index contributed by atoms with van der Waals surface area (Å²) >= 11 is 0. The summed E-state index contributed by atoms with van der Waals surface area (Å²) in [6.07, 6.45) is -2.65. The minimum atomic E-state index is -1.11. The maximum absolute atomic E-state index is 12.0. The topological polar surface area (TPSA) is 91.3 Å². The van der Waals surface area contributed by atoms with Gasteiger partial charge >= 0.3 is 11.9 Å². The fourth-order valence-corrected chi connectivity index (χ4v) is 2.57. The van der Waals surface area contributed by atoms with Crippen LogP contribution in [0.25, 0.3) is 0 Å². The first-order valence-corrected chi connectivity index (χ1v) is 8.51. The van der Waals surface area contributed by atoms with Crippen molar-refractivity contribution in [3.05, 3.63) is 71.8 Å². The standard InChI is InChI=1S/C20H20O7/c21-18-16(11-24-19(22)14-7-3-1-4-8-14)26-13-27-17(18)12-25-20(23)15-9-5-2-6-10-15/h1-10,16-18,21H,11-13H2. The maximum atomic E-state index is 12.0. The SMILES string of the molecule is O=C(OCC1OCOC(COC(=O)c2ccccc2)C1O)c1ccccc1. The van der Waals surface area contributed by atoms with Gasteiger partial charge in [-0.1, -0.05) is 36.4 Å². The number of aliphatic hydroxyl groups is 1. The van der Waals surface area contributed by atoms with E-state index in [-0.39, 0.29) is 20.0 Å². The molecule has 1 fully saturated rings. The fraction of sp³-hybridized carbons (Fsp3) is 0.300. The zero-order chi connectivity index (χ0) is 19.1. The fourth-order valence-electron chi connectivity index (χ4n) is 2.57. The van der Waals surface area contributed by atoms with E-state index in [9.17, 15) is 14.7 Å². The summed E-state index contributed by atoms with van der Waals surface area (Å²) in [5.41, 5.74) is 0.819. The van der Waals surface area contributed by atoms with Crippen molar-refractivity contribution in [2.75, 3.05) is 20.0 Å². The molecule has 0 aliphatic carbocycles. The normalized spacial score (nSPS) is 22.0. The van der Waals surface area contributed by atoms with E-state index >= 15 is 0 Å². The molecule has 0 saturated carbocycles. The number of aliphatic hydroxyl groups excluding tert-OH is 1. The van der Waals surface area contributed by atoms with Gasteiger partial charge in [-0.3, -0.25) is 0 Å². The van der Waals surface area contributed by atoms with Crippen LogP contribution in [0.3, 0.4) is 0 Å². The summed E-state index contributed by atoms with van der Waals surface area (Å²) in [6, 6.07) is 17.0. The molecule has 1 saturated heterocycles. The third-order valence-electron chi connectivity index (χ3n) is 4.10. The van der Waals surface area contributed by atoms with Crippen LogP contribution in [0.2, 0.25) is 0 Å². The molecule has 1 aliphatic heterocycles. The summed E-state index contributed by atoms with van der Waals surface area (Å²) in [7, 11) is 0. The molecule has 1 N–H and O–H groups in total. The summed E-state index contributed by atoms with van der Waals surface area (Å²) in [5, 5.41) is 10.4. The highest BCUT2D eigenvalue weighted by molar-refractivity contribution is 5.89. The summed E-state index contributed by atoms with van der Waals surface area (Å²) in [6.45, 7) is -0.374. The Morgan fingerprint density at radius 3 is 1.63 bits per heavy atom. The molecule has 27 heavy (non-hydrogen) atoms. The molecule has 2 atom stereocenters. The van der Waals surface area contributed by atoms with Gasteiger partial charge in [0.05, 0.1) is 11.1 Å². The smallest absolute Gasteiger partial charge is 0.338 e. The van der Waals surface area contributed by atoms with Gasteiger partial charge in [0, 0.05) is 0 Å². The van der Waals surface area contributed by atoms with Gasteiger partial charge in [0.2, 0.25) is 0 Å². The first-order chi connectivity index (χ1) is 13.1. The summed E-state index contributed by atoms with van der Waals surface area (Å²) in [5.74, 6) is -1.02. The molecule has 1 heterocycles. The van der Waals surface area contributed by atoms with Crippen molar-refractivity contribution >= 4 is 11.9 Å². The van der Waals surface area contributed by atoms with Crippen LogP contribution in [0.4, 0.5) is 0 Å². The molecular formula is C20H20O7. The Labute approximate surface area is 156 Å². The molecule has 0 bridgehead atoms. The van der Waals surface area contributed by atoms with Gasteiger partial charge in [-0.2, -0.15) is 0 Å². The first-order valence-electron chi connectivity index (χ1n) is 8.51. The van der Waals surface area contributed by atoms with E-state index < -0.39 is 30.3 Å². The second-order valence-corrected chi connectivity index (χ2v) is 5.95. The van der Waals surface area contributed by atoms with Crippen LogP contribution in [0, 0.1) is 0 Å². The predicted octanol–water partition coefficient (Wildman–Crippen LogP) is 1.80. The Morgan fingerprint density at radius 1 is 0.815 bits per heavy atom. The number of carbonyl (C=O) groups excluding carboxylic acids is 2. The Hall–Kier alpha value is -2.74. The van der Waals surface area contributed by atoms with Crippen molar-refractivity contribution in [1.82, 2.24) is 0 Å². The Bertz CT molecular complexity index is 684. The van der Waals surface area contributed by atoms with Crippen molar-refractivity contribution in [2.24, 2.45) is 0 Å². The van der Waals surface area contributed by atoms with Gasteiger partial charge in [-0.25, -0.2) is 9.59 Å². The predicted molar refractivity (Wildman–Crippen MR) is 94.1 cm³/mol. The molecule has 7 heteroatoms. The minimum Gasteiger partial charge on any atom is -0.459 e. The lowest BCUT2D eigenvalue weighted by atomic mass is 10.1. The van der Waals surface area contributed by atoms with Gasteiger partial charge < -0.3 is 24.1 Å². The third-order valence-corrected chi connectivity index (χ3v) is 4.10. The van der Waals surface area contributed by atoms with E-state index in [4.69, 9.17) is 18.9 Å². The van der Waals surface area contributed by atoms with Gasteiger partial charge in [0.25, 0.3) is 0 Å². The second kappa shape index (κ2) is 9.27. The lowest BCUT2D eigenvalue weighted by molar-refractivity contribution is -0.243. The van der Waals surface area contributed by atoms with Crippen molar-refractivity contribution in [3.8, 4) is 0 Å². The maximum Gasteiger partial charge on any atom is 0.338 e. The number of hydrogen-bond acceptors (Lipinski definition) is 7. The highest BCUT2D eigenvalue weighted by Crippen LogP contribution is 2.17. The van der Waals surface area contributed by atoms with E-state index in [1.807, 2.05) is 0 Å². The van der Waals surface area contributed by atoms with E-state index in [1.54, 1.807) is 60.7 Å². The Morgan fingerprint density at radius 2 is 1.22 bits per heavy atom. The van der Waals surface area contributed by atoms with Crippen LogP contribution >= 0.6 is 0 Å². The average Bonchev–Trinajstić information content (AvgIpc) is 2.73. The number of ether oxygens (including phenoxy) is 4. The molecule has 7 nitrogen and oxygen atoms in total. The van der Waals surface area contributed by atoms with Gasteiger partial charge in [0.1, 0.15) is 38.3 Å². The van der Waals surface area contributed by atoms with Crippen molar-refractivity contribution < 1.29 is 33.6 Å². The molecule has 142 valence electrons. The molecule has 0 aromatic heterocycles. The van der Waals surface area contributed by atoms with Crippen LogP contribution in [0.1, 0.15) is 20.7 Å². The number of rotatable bonds is 6. The molecule has 0 amide bonds. The largest absolute Gasteiger partial charge is 0.459 e. The zero-order valence-corrected chi connectivity index (χ0v) is 14.5. The monoisotopic (exact) mass is 372 g/mol. The molecule has 1 aliphatic rings. The number of esters is 2. The molecule has 0 radical (unpaired) electrons. The van der Waals surface area contributed by atoms with Gasteiger partial charge in [-0.15, -0.1) is 0 Å². The van der Waals surface area contributed by atoms with E-state index in [2.05, 4.69) is 0 Å². The molecule has 2 aromatic rings. The number of hydrogen-bond donors (Lipinski definition) is 1. The molecule has 3 rings (SSSR count). The lowest BCUT2D eigenvalue weighted by Crippen LogP contribution is -2.50. The third kappa shape index (κ3) is 5.13. The van der Waals surface area contributed by atoms with Crippen LogP contribution in [-0.4, -0.2) is 55.4 Å². The first kappa shape index (κ1) is 19.0. The Kier molecular flexibility index (Phi) is 6.54. The Balaban J connectivity index is 1.49. The average molecular weight is 372 g/mol. The lowest BCUT2D eigenvalue weighted by Gasteiger charge is -2.34. The van der Waals surface area contributed by atoms with Crippen molar-refractivity contribution in [1.29, 1.82) is 0 Å². The molecule has 2 aromatic carbocycles. The second-order valence-electron chi connectivity index (χ2n) is 5.95.